The summed E-state index contributed by atoms with van der Waals surface area (Å²) in [6.07, 6.45) is 1.72. The van der Waals surface area contributed by atoms with Crippen molar-refractivity contribution >= 4 is 28.6 Å². The molecule has 2 aromatic heterocycles. The van der Waals surface area contributed by atoms with E-state index in [0.29, 0.717) is 16.3 Å². The molecule has 2 N–H and O–H groups in total. The molecular formula is C13H20N6S. The normalized spacial score (nSPS) is 24.4. The summed E-state index contributed by atoms with van der Waals surface area (Å²) in [7, 11) is 1.88. The van der Waals surface area contributed by atoms with Crippen LogP contribution >= 0.6 is 11.8 Å². The summed E-state index contributed by atoms with van der Waals surface area (Å²) < 4.78 is 1.74. The van der Waals surface area contributed by atoms with Crippen LogP contribution in [0.2, 0.25) is 0 Å². The van der Waals surface area contributed by atoms with Gasteiger partial charge in [-0.1, -0.05) is 13.8 Å². The van der Waals surface area contributed by atoms with Crippen molar-refractivity contribution < 1.29 is 0 Å². The minimum Gasteiger partial charge on any atom is -0.383 e. The first-order valence-electron chi connectivity index (χ1n) is 6.85. The van der Waals surface area contributed by atoms with Gasteiger partial charge in [-0.3, -0.25) is 9.58 Å². The van der Waals surface area contributed by atoms with Crippen LogP contribution in [-0.2, 0) is 13.6 Å². The van der Waals surface area contributed by atoms with E-state index in [-0.39, 0.29) is 0 Å². The van der Waals surface area contributed by atoms with E-state index in [9.17, 15) is 0 Å². The Kier molecular flexibility index (Phi) is 3.55. The maximum atomic E-state index is 6.00. The van der Waals surface area contributed by atoms with Crippen LogP contribution in [0.4, 0.5) is 5.82 Å². The summed E-state index contributed by atoms with van der Waals surface area (Å²) in [6.45, 7) is 7.43. The standard InChI is InChI=1S/C13H20N6S/c1-8-5-19(6-9(2)20-8)7-11-16-12(14)10-4-15-18(3)13(10)17-11/h4,8-9H,5-7H2,1-3H3,(H2,14,16,17). The van der Waals surface area contributed by atoms with Gasteiger partial charge in [0.1, 0.15) is 11.6 Å². The Morgan fingerprint density at radius 2 is 2.00 bits per heavy atom. The van der Waals surface area contributed by atoms with Crippen molar-refractivity contribution in [3.63, 3.8) is 0 Å². The van der Waals surface area contributed by atoms with Gasteiger partial charge in [-0.2, -0.15) is 16.9 Å². The fraction of sp³-hybridized carbons (Fsp3) is 0.615. The molecule has 1 aliphatic rings. The monoisotopic (exact) mass is 292 g/mol. The van der Waals surface area contributed by atoms with E-state index in [2.05, 4.69) is 33.8 Å². The lowest BCUT2D eigenvalue weighted by atomic mass is 10.3. The fourth-order valence-corrected chi connectivity index (χ4v) is 4.16. The summed E-state index contributed by atoms with van der Waals surface area (Å²) in [5, 5.41) is 6.31. The third-order valence-electron chi connectivity index (χ3n) is 3.53. The predicted octanol–water partition coefficient (Wildman–Crippen LogP) is 1.27. The van der Waals surface area contributed by atoms with Gasteiger partial charge in [0.25, 0.3) is 0 Å². The van der Waals surface area contributed by atoms with Crippen LogP contribution in [0, 0.1) is 0 Å². The zero-order valence-corrected chi connectivity index (χ0v) is 12.9. The Bertz CT molecular complexity index is 615. The Morgan fingerprint density at radius 3 is 2.70 bits per heavy atom. The molecule has 2 atom stereocenters. The van der Waals surface area contributed by atoms with Gasteiger partial charge in [-0.05, 0) is 0 Å². The van der Waals surface area contributed by atoms with Crippen molar-refractivity contribution in [1.29, 1.82) is 0 Å². The molecule has 0 spiro atoms. The van der Waals surface area contributed by atoms with Crippen LogP contribution in [0.5, 0.6) is 0 Å². The lowest BCUT2D eigenvalue weighted by molar-refractivity contribution is 0.257. The first-order valence-corrected chi connectivity index (χ1v) is 7.79. The molecule has 6 nitrogen and oxygen atoms in total. The van der Waals surface area contributed by atoms with Crippen LogP contribution in [0.3, 0.4) is 0 Å². The average Bonchev–Trinajstić information content (AvgIpc) is 2.70. The second-order valence-corrected chi connectivity index (χ2v) is 7.36. The first-order chi connectivity index (χ1) is 9.52. The number of fused-ring (bicyclic) bond motifs is 1. The van der Waals surface area contributed by atoms with Crippen LogP contribution < -0.4 is 5.73 Å². The molecule has 0 saturated carbocycles. The summed E-state index contributed by atoms with van der Waals surface area (Å²) in [5.41, 5.74) is 6.81. The molecular weight excluding hydrogens is 272 g/mol. The number of aryl methyl sites for hydroxylation is 1. The minimum absolute atomic E-state index is 0.519. The zero-order valence-electron chi connectivity index (χ0n) is 12.1. The molecule has 0 aliphatic carbocycles. The third kappa shape index (κ3) is 2.60. The van der Waals surface area contributed by atoms with Crippen LogP contribution in [0.15, 0.2) is 6.20 Å². The average molecular weight is 292 g/mol. The molecule has 1 aliphatic heterocycles. The highest BCUT2D eigenvalue weighted by Gasteiger charge is 2.23. The highest BCUT2D eigenvalue weighted by atomic mass is 32.2. The number of nitrogens with zero attached hydrogens (tertiary/aromatic N) is 5. The molecule has 20 heavy (non-hydrogen) atoms. The molecule has 3 heterocycles. The van der Waals surface area contributed by atoms with E-state index in [1.165, 1.54) is 0 Å². The van der Waals surface area contributed by atoms with Gasteiger partial charge in [-0.15, -0.1) is 0 Å². The van der Waals surface area contributed by atoms with Gasteiger partial charge in [-0.25, -0.2) is 9.97 Å². The maximum absolute atomic E-state index is 6.00. The minimum atomic E-state index is 0.519. The number of aromatic nitrogens is 4. The van der Waals surface area contributed by atoms with Gasteiger partial charge in [0.15, 0.2) is 5.65 Å². The molecule has 0 aromatic carbocycles. The molecule has 0 bridgehead atoms. The van der Waals surface area contributed by atoms with Gasteiger partial charge in [0, 0.05) is 30.6 Å². The van der Waals surface area contributed by atoms with Crippen LogP contribution in [0.1, 0.15) is 19.7 Å². The largest absolute Gasteiger partial charge is 0.383 e. The summed E-state index contributed by atoms with van der Waals surface area (Å²) >= 11 is 2.04. The second kappa shape index (κ2) is 5.21. The highest BCUT2D eigenvalue weighted by molar-refractivity contribution is 8.00. The molecule has 1 fully saturated rings. The van der Waals surface area contributed by atoms with Crippen molar-refractivity contribution in [2.45, 2.75) is 30.9 Å². The SMILES string of the molecule is CC1CN(Cc2nc(N)c3cnn(C)c3n2)CC(C)S1. The number of rotatable bonds is 2. The van der Waals surface area contributed by atoms with Crippen molar-refractivity contribution in [1.82, 2.24) is 24.6 Å². The van der Waals surface area contributed by atoms with E-state index in [0.717, 1.165) is 36.5 Å². The number of nitrogens with two attached hydrogens (primary N) is 1. The number of nitrogen functional groups attached to an aromatic ring is 1. The van der Waals surface area contributed by atoms with E-state index >= 15 is 0 Å². The molecule has 2 aromatic rings. The fourth-order valence-electron chi connectivity index (χ4n) is 2.78. The van der Waals surface area contributed by atoms with E-state index in [1.54, 1.807) is 10.9 Å². The first kappa shape index (κ1) is 13.6. The number of hydrogen-bond acceptors (Lipinski definition) is 6. The lowest BCUT2D eigenvalue weighted by Gasteiger charge is -2.34. The van der Waals surface area contributed by atoms with Gasteiger partial charge in [0.2, 0.25) is 0 Å². The van der Waals surface area contributed by atoms with Gasteiger partial charge < -0.3 is 5.73 Å². The molecule has 7 heteroatoms. The van der Waals surface area contributed by atoms with Crippen molar-refractivity contribution in [3.8, 4) is 0 Å². The van der Waals surface area contributed by atoms with E-state index in [1.807, 2.05) is 18.8 Å². The molecule has 0 radical (unpaired) electrons. The molecule has 0 amide bonds. The second-order valence-electron chi connectivity index (χ2n) is 5.48. The summed E-state index contributed by atoms with van der Waals surface area (Å²) in [6, 6.07) is 0. The van der Waals surface area contributed by atoms with Crippen molar-refractivity contribution in [3.05, 3.63) is 12.0 Å². The number of hydrogen-bond donors (Lipinski definition) is 1. The maximum Gasteiger partial charge on any atom is 0.163 e. The Morgan fingerprint density at radius 1 is 1.30 bits per heavy atom. The summed E-state index contributed by atoms with van der Waals surface area (Å²) in [5.74, 6) is 1.30. The zero-order chi connectivity index (χ0) is 14.3. The Labute approximate surface area is 122 Å². The van der Waals surface area contributed by atoms with E-state index < -0.39 is 0 Å². The number of thioether (sulfide) groups is 1. The summed E-state index contributed by atoms with van der Waals surface area (Å²) in [4.78, 5) is 11.4. The molecule has 2 unspecified atom stereocenters. The Hall–Kier alpha value is -1.34. The molecule has 1 saturated heterocycles. The smallest absolute Gasteiger partial charge is 0.163 e. The molecule has 108 valence electrons. The predicted molar refractivity (Wildman–Crippen MR) is 82.5 cm³/mol. The third-order valence-corrected chi connectivity index (χ3v) is 4.76. The van der Waals surface area contributed by atoms with Gasteiger partial charge in [0.05, 0.1) is 18.1 Å². The van der Waals surface area contributed by atoms with Gasteiger partial charge >= 0.3 is 0 Å². The topological polar surface area (TPSA) is 72.9 Å². The molecule has 3 rings (SSSR count). The van der Waals surface area contributed by atoms with Crippen LogP contribution in [0.25, 0.3) is 11.0 Å². The van der Waals surface area contributed by atoms with Crippen molar-refractivity contribution in [2.24, 2.45) is 7.05 Å². The quantitative estimate of drug-likeness (QED) is 0.898. The van der Waals surface area contributed by atoms with Crippen LogP contribution in [-0.4, -0.2) is 48.2 Å². The van der Waals surface area contributed by atoms with Crippen molar-refractivity contribution in [2.75, 3.05) is 18.8 Å². The number of anilines is 1. The van der Waals surface area contributed by atoms with E-state index in [4.69, 9.17) is 5.73 Å². The Balaban J connectivity index is 1.85. The highest BCUT2D eigenvalue weighted by Crippen LogP contribution is 2.25. The lowest BCUT2D eigenvalue weighted by Crippen LogP contribution is -2.40.